The van der Waals surface area contributed by atoms with Gasteiger partial charge in [-0.3, -0.25) is 9.69 Å². The van der Waals surface area contributed by atoms with Gasteiger partial charge in [-0.1, -0.05) is 0 Å². The van der Waals surface area contributed by atoms with E-state index in [4.69, 9.17) is 4.74 Å². The molecule has 2 aliphatic rings. The van der Waals surface area contributed by atoms with Crippen LogP contribution in [-0.4, -0.2) is 83.2 Å². The van der Waals surface area contributed by atoms with Gasteiger partial charge in [0.2, 0.25) is 5.91 Å². The van der Waals surface area contributed by atoms with Crippen LogP contribution in [-0.2, 0) is 9.53 Å². The first kappa shape index (κ1) is 17.2. The number of morpholine rings is 1. The van der Waals surface area contributed by atoms with Crippen molar-refractivity contribution in [3.8, 4) is 0 Å². The minimum Gasteiger partial charge on any atom is -0.379 e. The maximum Gasteiger partial charge on any atom is 0.224 e. The van der Waals surface area contributed by atoms with E-state index >= 15 is 0 Å². The van der Waals surface area contributed by atoms with E-state index in [2.05, 4.69) is 35.1 Å². The molecule has 0 radical (unpaired) electrons. The van der Waals surface area contributed by atoms with Crippen LogP contribution in [0, 0.1) is 5.92 Å². The summed E-state index contributed by atoms with van der Waals surface area (Å²) in [6, 6.07) is 0. The molecule has 2 aromatic heterocycles. The number of carbonyl (C=O) groups excluding carboxylic acids is 1. The van der Waals surface area contributed by atoms with Crippen molar-refractivity contribution in [2.24, 2.45) is 5.92 Å². The zero-order valence-electron chi connectivity index (χ0n) is 14.9. The number of fused-ring (bicyclic) bond motifs is 1. The number of imidazole rings is 1. The Morgan fingerprint density at radius 1 is 1.27 bits per heavy atom. The third-order valence-electron chi connectivity index (χ3n) is 5.13. The van der Waals surface area contributed by atoms with Crippen molar-refractivity contribution in [3.63, 3.8) is 0 Å². The molecule has 2 fully saturated rings. The number of nitrogens with one attached hydrogen (secondary N) is 2. The van der Waals surface area contributed by atoms with Crippen molar-refractivity contribution < 1.29 is 9.53 Å². The molecule has 0 aliphatic carbocycles. The summed E-state index contributed by atoms with van der Waals surface area (Å²) < 4.78 is 5.35. The van der Waals surface area contributed by atoms with Crippen LogP contribution in [0.4, 0.5) is 5.82 Å². The molecule has 0 aromatic carbocycles. The van der Waals surface area contributed by atoms with Crippen LogP contribution in [0.1, 0.15) is 12.8 Å². The average Bonchev–Trinajstić information content (AvgIpc) is 3.18. The van der Waals surface area contributed by atoms with Gasteiger partial charge in [-0.2, -0.15) is 0 Å². The first-order valence-corrected chi connectivity index (χ1v) is 9.28. The quantitative estimate of drug-likeness (QED) is 0.776. The molecule has 0 bridgehead atoms. The summed E-state index contributed by atoms with van der Waals surface area (Å²) in [4.78, 5) is 33.0. The topological polar surface area (TPSA) is 99.3 Å². The fourth-order valence-electron chi connectivity index (χ4n) is 3.68. The lowest BCUT2D eigenvalue weighted by atomic mass is 9.97. The van der Waals surface area contributed by atoms with E-state index in [1.807, 2.05) is 0 Å². The van der Waals surface area contributed by atoms with Gasteiger partial charge in [0, 0.05) is 39.3 Å². The molecule has 140 valence electrons. The van der Waals surface area contributed by atoms with Crippen LogP contribution < -0.4 is 10.2 Å². The number of nitrogens with zero attached hydrogens (tertiary/aromatic N) is 5. The van der Waals surface area contributed by atoms with Gasteiger partial charge in [-0.05, 0) is 12.8 Å². The number of aromatic amines is 1. The van der Waals surface area contributed by atoms with Crippen LogP contribution in [0.5, 0.6) is 0 Å². The smallest absolute Gasteiger partial charge is 0.224 e. The maximum absolute atomic E-state index is 12.6. The molecule has 2 aliphatic heterocycles. The number of amides is 1. The van der Waals surface area contributed by atoms with Crippen LogP contribution in [0.25, 0.3) is 11.2 Å². The Hall–Kier alpha value is -2.26. The van der Waals surface area contributed by atoms with E-state index in [-0.39, 0.29) is 11.8 Å². The van der Waals surface area contributed by atoms with Gasteiger partial charge in [-0.25, -0.2) is 15.0 Å². The molecule has 2 N–H and O–H groups in total. The number of H-pyrrole nitrogens is 1. The summed E-state index contributed by atoms with van der Waals surface area (Å²) >= 11 is 0. The number of anilines is 1. The Morgan fingerprint density at radius 3 is 3.04 bits per heavy atom. The number of ether oxygens (including phenoxy) is 1. The van der Waals surface area contributed by atoms with E-state index in [9.17, 15) is 4.79 Å². The van der Waals surface area contributed by atoms with Crippen molar-refractivity contribution in [2.45, 2.75) is 12.8 Å². The van der Waals surface area contributed by atoms with E-state index in [1.165, 1.54) is 6.33 Å². The molecule has 0 saturated carbocycles. The SMILES string of the molecule is O=C(NCCN1CCOCC1)C1CCCN(c2ncnc3nc[nH]c23)C1. The first-order chi connectivity index (χ1) is 12.8. The predicted molar refractivity (Wildman–Crippen MR) is 96.9 cm³/mol. The molecule has 4 rings (SSSR count). The summed E-state index contributed by atoms with van der Waals surface area (Å²) in [5, 5.41) is 3.10. The summed E-state index contributed by atoms with van der Waals surface area (Å²) in [5.74, 6) is 0.956. The van der Waals surface area contributed by atoms with E-state index < -0.39 is 0 Å². The molecule has 1 atom stereocenters. The highest BCUT2D eigenvalue weighted by Crippen LogP contribution is 2.25. The second-order valence-electron chi connectivity index (χ2n) is 6.83. The summed E-state index contributed by atoms with van der Waals surface area (Å²) in [6.07, 6.45) is 5.05. The first-order valence-electron chi connectivity index (χ1n) is 9.28. The van der Waals surface area contributed by atoms with E-state index in [1.54, 1.807) is 6.33 Å². The highest BCUT2D eigenvalue weighted by atomic mass is 16.5. The molecule has 1 amide bonds. The largest absolute Gasteiger partial charge is 0.379 e. The molecule has 4 heterocycles. The molecular formula is C17H25N7O2. The average molecular weight is 359 g/mol. The minimum atomic E-state index is -0.0126. The molecule has 2 aromatic rings. The third kappa shape index (κ3) is 3.78. The molecule has 26 heavy (non-hydrogen) atoms. The van der Waals surface area contributed by atoms with Crippen molar-refractivity contribution in [1.82, 2.24) is 30.2 Å². The number of rotatable bonds is 5. The number of piperidine rings is 1. The monoisotopic (exact) mass is 359 g/mol. The second kappa shape index (κ2) is 7.96. The highest BCUT2D eigenvalue weighted by molar-refractivity contribution is 5.84. The lowest BCUT2D eigenvalue weighted by Gasteiger charge is -2.33. The number of hydrogen-bond donors (Lipinski definition) is 2. The molecule has 9 heteroatoms. The highest BCUT2D eigenvalue weighted by Gasteiger charge is 2.27. The van der Waals surface area contributed by atoms with Gasteiger partial charge < -0.3 is 19.9 Å². The van der Waals surface area contributed by atoms with Crippen molar-refractivity contribution >= 4 is 22.9 Å². The molecule has 9 nitrogen and oxygen atoms in total. The van der Waals surface area contributed by atoms with Crippen LogP contribution >= 0.6 is 0 Å². The second-order valence-corrected chi connectivity index (χ2v) is 6.83. The van der Waals surface area contributed by atoms with Crippen molar-refractivity contribution in [1.29, 1.82) is 0 Å². The summed E-state index contributed by atoms with van der Waals surface area (Å²) in [7, 11) is 0. The van der Waals surface area contributed by atoms with Crippen molar-refractivity contribution in [3.05, 3.63) is 12.7 Å². The Labute approximate surface area is 152 Å². The Morgan fingerprint density at radius 2 is 2.15 bits per heavy atom. The molecule has 2 saturated heterocycles. The lowest BCUT2D eigenvalue weighted by molar-refractivity contribution is -0.125. The van der Waals surface area contributed by atoms with E-state index in [0.29, 0.717) is 18.7 Å². The molecule has 1 unspecified atom stereocenters. The Kier molecular flexibility index (Phi) is 5.26. The number of carbonyl (C=O) groups is 1. The fourth-order valence-corrected chi connectivity index (χ4v) is 3.68. The van der Waals surface area contributed by atoms with Crippen LogP contribution in [0.2, 0.25) is 0 Å². The fraction of sp³-hybridized carbons (Fsp3) is 0.647. The van der Waals surface area contributed by atoms with Gasteiger partial charge in [0.25, 0.3) is 0 Å². The van der Waals surface area contributed by atoms with Gasteiger partial charge in [0.15, 0.2) is 11.5 Å². The summed E-state index contributed by atoms with van der Waals surface area (Å²) in [5.41, 5.74) is 1.49. The summed E-state index contributed by atoms with van der Waals surface area (Å²) in [6.45, 7) is 6.60. The van der Waals surface area contributed by atoms with Gasteiger partial charge in [0.1, 0.15) is 11.8 Å². The van der Waals surface area contributed by atoms with Crippen molar-refractivity contribution in [2.75, 3.05) is 57.4 Å². The Bertz CT molecular complexity index is 744. The maximum atomic E-state index is 12.6. The number of aromatic nitrogens is 4. The predicted octanol–water partition coefficient (Wildman–Crippen LogP) is 0.0177. The lowest BCUT2D eigenvalue weighted by Crippen LogP contribution is -2.46. The molecular weight excluding hydrogens is 334 g/mol. The van der Waals surface area contributed by atoms with Crippen LogP contribution in [0.3, 0.4) is 0 Å². The Balaban J connectivity index is 1.33. The van der Waals surface area contributed by atoms with E-state index in [0.717, 1.165) is 63.6 Å². The van der Waals surface area contributed by atoms with Gasteiger partial charge >= 0.3 is 0 Å². The standard InChI is InChI=1S/C17H25N7O2/c25-17(18-3-5-23-6-8-26-9-7-23)13-2-1-4-24(10-13)16-14-15(20-11-19-14)21-12-22-16/h11-13H,1-10H2,(H,18,25)(H,19,20,21,22). The van der Waals surface area contributed by atoms with Gasteiger partial charge in [-0.15, -0.1) is 0 Å². The zero-order valence-corrected chi connectivity index (χ0v) is 14.9. The van der Waals surface area contributed by atoms with Gasteiger partial charge in [0.05, 0.1) is 25.5 Å². The minimum absolute atomic E-state index is 0.0126. The van der Waals surface area contributed by atoms with Crippen LogP contribution in [0.15, 0.2) is 12.7 Å². The third-order valence-corrected chi connectivity index (χ3v) is 5.13. The molecule has 0 spiro atoms. The zero-order chi connectivity index (χ0) is 17.8. The normalized spacial score (nSPS) is 21.8. The number of hydrogen-bond acceptors (Lipinski definition) is 7.